The topological polar surface area (TPSA) is 105 Å². The lowest BCUT2D eigenvalue weighted by Gasteiger charge is -2.17. The minimum Gasteiger partial charge on any atom is -0.338 e. The number of aromatic nitrogens is 1. The van der Waals surface area contributed by atoms with Gasteiger partial charge in [0.1, 0.15) is 0 Å². The van der Waals surface area contributed by atoms with Crippen molar-refractivity contribution in [1.82, 2.24) is 15.2 Å². The Morgan fingerprint density at radius 1 is 1.62 bits per heavy atom. The van der Waals surface area contributed by atoms with Gasteiger partial charge in [-0.25, -0.2) is 23.3 Å². The van der Waals surface area contributed by atoms with Gasteiger partial charge in [-0.1, -0.05) is 0 Å². The Morgan fingerprint density at radius 2 is 2.38 bits per heavy atom. The number of primary sulfonamides is 1. The zero-order valence-electron chi connectivity index (χ0n) is 11.9. The molecule has 7 nitrogen and oxygen atoms in total. The molecule has 1 atom stereocenters. The lowest BCUT2D eigenvalue weighted by atomic mass is 10.2. The highest BCUT2D eigenvalue weighted by Crippen LogP contribution is 2.17. The number of carbonyl (C=O) groups excluding carboxylic acids is 1. The second kappa shape index (κ2) is 6.71. The Balaban J connectivity index is 1.73. The van der Waals surface area contributed by atoms with Gasteiger partial charge in [0, 0.05) is 30.9 Å². The Labute approximate surface area is 128 Å². The normalized spacial score (nSPS) is 19.0. The quantitative estimate of drug-likeness (QED) is 0.809. The minimum absolute atomic E-state index is 0.0587. The number of carbonyl (C=O) groups is 1. The van der Waals surface area contributed by atoms with Crippen LogP contribution >= 0.6 is 11.3 Å². The fourth-order valence-corrected chi connectivity index (χ4v) is 4.15. The third-order valence-electron chi connectivity index (χ3n) is 3.51. The number of nitrogens with one attached hydrogen (secondary N) is 1. The van der Waals surface area contributed by atoms with Crippen LogP contribution in [-0.2, 0) is 16.4 Å². The summed E-state index contributed by atoms with van der Waals surface area (Å²) >= 11 is 1.58. The van der Waals surface area contributed by atoms with Crippen molar-refractivity contribution < 1.29 is 13.2 Å². The molecular formula is C12H20N4O3S2. The predicted molar refractivity (Wildman–Crippen MR) is 81.6 cm³/mol. The van der Waals surface area contributed by atoms with Crippen molar-refractivity contribution in [2.45, 2.75) is 19.8 Å². The molecule has 2 amide bonds. The molecular weight excluding hydrogens is 312 g/mol. The van der Waals surface area contributed by atoms with Crippen LogP contribution in [0.1, 0.15) is 17.0 Å². The molecule has 1 saturated heterocycles. The first-order valence-electron chi connectivity index (χ1n) is 6.77. The first kappa shape index (κ1) is 16.2. The highest BCUT2D eigenvalue weighted by Gasteiger charge is 2.28. The molecule has 0 radical (unpaired) electrons. The average Bonchev–Trinajstić information content (AvgIpc) is 2.97. The van der Waals surface area contributed by atoms with Crippen LogP contribution in [0.5, 0.6) is 0 Å². The van der Waals surface area contributed by atoms with Crippen molar-refractivity contribution in [2.75, 3.05) is 25.4 Å². The maximum Gasteiger partial charge on any atom is 0.317 e. The summed E-state index contributed by atoms with van der Waals surface area (Å²) < 4.78 is 22.1. The third kappa shape index (κ3) is 4.94. The van der Waals surface area contributed by atoms with Crippen molar-refractivity contribution in [2.24, 2.45) is 11.1 Å². The largest absolute Gasteiger partial charge is 0.338 e. The first-order chi connectivity index (χ1) is 9.85. The third-order valence-corrected chi connectivity index (χ3v) is 5.45. The van der Waals surface area contributed by atoms with E-state index in [1.165, 1.54) is 4.88 Å². The number of nitrogens with two attached hydrogens (primary N) is 1. The van der Waals surface area contributed by atoms with Crippen molar-refractivity contribution >= 4 is 27.4 Å². The number of hydrogen-bond acceptors (Lipinski definition) is 5. The average molecular weight is 332 g/mol. The van der Waals surface area contributed by atoms with Gasteiger partial charge in [0.2, 0.25) is 10.0 Å². The summed E-state index contributed by atoms with van der Waals surface area (Å²) in [6.45, 7) is 3.53. The molecule has 0 bridgehead atoms. The van der Waals surface area contributed by atoms with Crippen LogP contribution in [0.2, 0.25) is 0 Å². The van der Waals surface area contributed by atoms with Crippen LogP contribution in [-0.4, -0.2) is 49.7 Å². The number of nitrogens with zero attached hydrogens (tertiary/aromatic N) is 2. The molecule has 1 aliphatic heterocycles. The Morgan fingerprint density at radius 3 is 3.00 bits per heavy atom. The van der Waals surface area contributed by atoms with E-state index in [0.717, 1.165) is 12.1 Å². The molecule has 0 aromatic carbocycles. The molecule has 1 aliphatic rings. The number of hydrogen-bond donors (Lipinski definition) is 2. The van der Waals surface area contributed by atoms with Crippen molar-refractivity contribution in [3.63, 3.8) is 0 Å². The van der Waals surface area contributed by atoms with E-state index in [2.05, 4.69) is 10.3 Å². The van der Waals surface area contributed by atoms with E-state index < -0.39 is 10.0 Å². The number of amides is 2. The van der Waals surface area contributed by atoms with Gasteiger partial charge < -0.3 is 10.2 Å². The lowest BCUT2D eigenvalue weighted by molar-refractivity contribution is 0.207. The van der Waals surface area contributed by atoms with E-state index in [4.69, 9.17) is 5.14 Å². The van der Waals surface area contributed by atoms with Gasteiger partial charge >= 0.3 is 6.03 Å². The molecule has 21 heavy (non-hydrogen) atoms. The lowest BCUT2D eigenvalue weighted by Crippen LogP contribution is -2.39. The Hall–Kier alpha value is -1.19. The second-order valence-electron chi connectivity index (χ2n) is 5.27. The van der Waals surface area contributed by atoms with Gasteiger partial charge in [-0.2, -0.15) is 0 Å². The van der Waals surface area contributed by atoms with Crippen molar-refractivity contribution in [1.29, 1.82) is 0 Å². The molecule has 0 saturated carbocycles. The molecule has 1 aromatic rings. The van der Waals surface area contributed by atoms with Crippen molar-refractivity contribution in [3.8, 4) is 0 Å². The second-order valence-corrected chi connectivity index (χ2v) is 7.87. The smallest absolute Gasteiger partial charge is 0.317 e. The maximum atomic E-state index is 12.0. The Kier molecular flexibility index (Phi) is 5.17. The van der Waals surface area contributed by atoms with Gasteiger partial charge in [-0.3, -0.25) is 0 Å². The van der Waals surface area contributed by atoms with E-state index in [0.29, 0.717) is 26.1 Å². The van der Waals surface area contributed by atoms with Crippen LogP contribution in [0.3, 0.4) is 0 Å². The number of urea groups is 1. The SMILES string of the molecule is Cc1ncsc1CCNC(=O)N1CC[C@@H](CS(N)(=O)=O)C1. The van der Waals surface area contributed by atoms with Crippen LogP contribution < -0.4 is 10.5 Å². The predicted octanol–water partition coefficient (Wildman–Crippen LogP) is 0.314. The number of aryl methyl sites for hydroxylation is 1. The summed E-state index contributed by atoms with van der Waals surface area (Å²) in [5.74, 6) is -0.119. The Bertz CT molecular complexity index is 599. The van der Waals surface area contributed by atoms with Gasteiger partial charge in [-0.05, 0) is 19.3 Å². The fourth-order valence-electron chi connectivity index (χ4n) is 2.44. The fraction of sp³-hybridized carbons (Fsp3) is 0.667. The standard InChI is InChI=1S/C12H20N4O3S2/c1-9-11(20-8-15-9)2-4-14-12(17)16-5-3-10(6-16)7-21(13,18)19/h8,10H,2-7H2,1H3,(H,14,17)(H2,13,18,19)/t10-/m1/s1. The number of likely N-dealkylation sites (tertiary alicyclic amines) is 1. The van der Waals surface area contributed by atoms with Crippen molar-refractivity contribution in [3.05, 3.63) is 16.1 Å². The zero-order chi connectivity index (χ0) is 15.5. The molecule has 118 valence electrons. The van der Waals surface area contributed by atoms with E-state index in [1.807, 2.05) is 6.92 Å². The van der Waals surface area contributed by atoms with Gasteiger partial charge in [-0.15, -0.1) is 11.3 Å². The molecule has 0 aliphatic carbocycles. The summed E-state index contributed by atoms with van der Waals surface area (Å²) in [5, 5.41) is 7.89. The molecule has 3 N–H and O–H groups in total. The summed E-state index contributed by atoms with van der Waals surface area (Å²) in [4.78, 5) is 19.0. The molecule has 0 unspecified atom stereocenters. The molecule has 1 fully saturated rings. The highest BCUT2D eigenvalue weighted by atomic mass is 32.2. The molecule has 0 spiro atoms. The van der Waals surface area contributed by atoms with Gasteiger partial charge in [0.05, 0.1) is 17.0 Å². The minimum atomic E-state index is -3.47. The number of rotatable bonds is 5. The zero-order valence-corrected chi connectivity index (χ0v) is 13.5. The van der Waals surface area contributed by atoms with Gasteiger partial charge in [0.25, 0.3) is 0 Å². The number of thiazole rings is 1. The van der Waals surface area contributed by atoms with Crippen LogP contribution in [0.15, 0.2) is 5.51 Å². The first-order valence-corrected chi connectivity index (χ1v) is 9.37. The summed E-state index contributed by atoms with van der Waals surface area (Å²) in [7, 11) is -3.47. The monoisotopic (exact) mass is 332 g/mol. The summed E-state index contributed by atoms with van der Waals surface area (Å²) in [6.07, 6.45) is 1.44. The van der Waals surface area contributed by atoms with E-state index in [1.54, 1.807) is 21.7 Å². The summed E-state index contributed by atoms with van der Waals surface area (Å²) in [5.41, 5.74) is 2.80. The summed E-state index contributed by atoms with van der Waals surface area (Å²) in [6, 6.07) is -0.144. The number of sulfonamides is 1. The molecule has 1 aromatic heterocycles. The van der Waals surface area contributed by atoms with Crippen LogP contribution in [0, 0.1) is 12.8 Å². The highest BCUT2D eigenvalue weighted by molar-refractivity contribution is 7.89. The molecule has 9 heteroatoms. The van der Waals surface area contributed by atoms with Crippen LogP contribution in [0.4, 0.5) is 4.79 Å². The van der Waals surface area contributed by atoms with E-state index >= 15 is 0 Å². The molecule has 2 heterocycles. The van der Waals surface area contributed by atoms with Crippen LogP contribution in [0.25, 0.3) is 0 Å². The van der Waals surface area contributed by atoms with E-state index in [-0.39, 0.29) is 17.7 Å². The van der Waals surface area contributed by atoms with E-state index in [9.17, 15) is 13.2 Å². The van der Waals surface area contributed by atoms with Gasteiger partial charge in [0.15, 0.2) is 0 Å². The maximum absolute atomic E-state index is 12.0. The molecule has 2 rings (SSSR count).